The van der Waals surface area contributed by atoms with Gasteiger partial charge in [-0.2, -0.15) is 0 Å². The van der Waals surface area contributed by atoms with Crippen LogP contribution in [0.3, 0.4) is 0 Å². The van der Waals surface area contributed by atoms with E-state index in [4.69, 9.17) is 5.11 Å². The largest absolute Gasteiger partial charge is 0.478 e. The van der Waals surface area contributed by atoms with Gasteiger partial charge in [-0.3, -0.25) is 0 Å². The van der Waals surface area contributed by atoms with Crippen LogP contribution < -0.4 is 10.6 Å². The van der Waals surface area contributed by atoms with Gasteiger partial charge >= 0.3 is 5.97 Å². The normalized spacial score (nSPS) is 25.9. The smallest absolute Gasteiger partial charge is 0.335 e. The molecule has 2 unspecified atom stereocenters. The van der Waals surface area contributed by atoms with Crippen molar-refractivity contribution in [2.75, 3.05) is 0 Å². The van der Waals surface area contributed by atoms with Crippen molar-refractivity contribution >= 4 is 12.0 Å². The summed E-state index contributed by atoms with van der Waals surface area (Å²) in [4.78, 5) is 11.1. The minimum atomic E-state index is -0.864. The molecule has 2 atom stereocenters. The SMILES string of the molecule is CCC(=Cc1ccccc1)C1CC1NC1CCC(NCc2cccc(C(=O)O)c2)CC1. The number of hydrogen-bond donors (Lipinski definition) is 3. The Morgan fingerprint density at radius 1 is 1.03 bits per heavy atom. The van der Waals surface area contributed by atoms with Crippen LogP contribution in [-0.2, 0) is 6.54 Å². The molecule has 2 aromatic rings. The average molecular weight is 419 g/mol. The molecule has 164 valence electrons. The van der Waals surface area contributed by atoms with E-state index < -0.39 is 5.97 Å². The van der Waals surface area contributed by atoms with Gasteiger partial charge in [0.25, 0.3) is 0 Å². The predicted molar refractivity (Wildman–Crippen MR) is 126 cm³/mol. The molecule has 0 amide bonds. The number of carboxylic acid groups (broad SMARTS) is 1. The van der Waals surface area contributed by atoms with Gasteiger partial charge in [-0.05, 0) is 67.7 Å². The number of rotatable bonds is 9. The highest BCUT2D eigenvalue weighted by Gasteiger charge is 2.40. The highest BCUT2D eigenvalue weighted by atomic mass is 16.4. The standard InChI is InChI=1S/C27H34N2O2/c1-2-21(15-19-7-4-3-5-8-19)25-17-26(25)29-24-13-11-23(12-14-24)28-18-20-9-6-10-22(16-20)27(30)31/h3-10,15-16,23-26,28-29H,2,11-14,17-18H2,1H3,(H,30,31). The summed E-state index contributed by atoms with van der Waals surface area (Å²) in [6, 6.07) is 19.7. The Labute approximate surface area is 185 Å². The molecule has 0 heterocycles. The molecule has 4 rings (SSSR count). The van der Waals surface area contributed by atoms with E-state index in [1.54, 1.807) is 17.7 Å². The number of nitrogens with one attached hydrogen (secondary N) is 2. The van der Waals surface area contributed by atoms with Gasteiger partial charge in [-0.1, -0.05) is 61.0 Å². The zero-order valence-electron chi connectivity index (χ0n) is 18.4. The number of benzene rings is 2. The summed E-state index contributed by atoms with van der Waals surface area (Å²) in [5.41, 5.74) is 4.28. The quantitative estimate of drug-likeness (QED) is 0.520. The van der Waals surface area contributed by atoms with Gasteiger partial charge < -0.3 is 15.7 Å². The van der Waals surface area contributed by atoms with E-state index >= 15 is 0 Å². The Kier molecular flexibility index (Phi) is 7.21. The van der Waals surface area contributed by atoms with Crippen molar-refractivity contribution in [2.24, 2.45) is 5.92 Å². The van der Waals surface area contributed by atoms with Gasteiger partial charge in [0, 0.05) is 24.7 Å². The number of aromatic carboxylic acids is 1. The molecule has 0 bridgehead atoms. The molecule has 4 nitrogen and oxygen atoms in total. The Bertz CT molecular complexity index is 900. The van der Waals surface area contributed by atoms with E-state index in [-0.39, 0.29) is 0 Å². The molecule has 2 aliphatic rings. The molecule has 0 radical (unpaired) electrons. The van der Waals surface area contributed by atoms with Gasteiger partial charge in [-0.25, -0.2) is 4.79 Å². The van der Waals surface area contributed by atoms with Crippen LogP contribution in [0, 0.1) is 5.92 Å². The molecule has 3 N–H and O–H groups in total. The zero-order chi connectivity index (χ0) is 21.6. The number of carbonyl (C=O) groups is 1. The lowest BCUT2D eigenvalue weighted by molar-refractivity contribution is 0.0696. The second kappa shape index (κ2) is 10.3. The molecule has 2 aromatic carbocycles. The summed E-state index contributed by atoms with van der Waals surface area (Å²) in [5.74, 6) is -0.167. The molecular weight excluding hydrogens is 384 g/mol. The van der Waals surface area contributed by atoms with Crippen LogP contribution in [-0.4, -0.2) is 29.2 Å². The first-order valence-corrected chi connectivity index (χ1v) is 11.7. The van der Waals surface area contributed by atoms with Crippen molar-refractivity contribution in [2.45, 2.75) is 70.1 Å². The number of carboxylic acids is 1. The van der Waals surface area contributed by atoms with Gasteiger partial charge in [0.15, 0.2) is 0 Å². The van der Waals surface area contributed by atoms with Crippen LogP contribution in [0.15, 0.2) is 60.2 Å². The first-order valence-electron chi connectivity index (χ1n) is 11.7. The molecule has 31 heavy (non-hydrogen) atoms. The van der Waals surface area contributed by atoms with Crippen molar-refractivity contribution in [1.82, 2.24) is 10.6 Å². The van der Waals surface area contributed by atoms with E-state index in [2.05, 4.69) is 54.0 Å². The van der Waals surface area contributed by atoms with Crippen LogP contribution in [0.1, 0.15) is 66.9 Å². The third-order valence-electron chi connectivity index (χ3n) is 6.77. The van der Waals surface area contributed by atoms with Crippen molar-refractivity contribution in [3.8, 4) is 0 Å². The van der Waals surface area contributed by atoms with Crippen LogP contribution in [0.4, 0.5) is 0 Å². The molecule has 2 fully saturated rings. The molecule has 2 aliphatic carbocycles. The highest BCUT2D eigenvalue weighted by molar-refractivity contribution is 5.87. The average Bonchev–Trinajstić information content (AvgIpc) is 3.56. The fourth-order valence-corrected chi connectivity index (χ4v) is 4.87. The van der Waals surface area contributed by atoms with E-state index in [0.717, 1.165) is 18.5 Å². The summed E-state index contributed by atoms with van der Waals surface area (Å²) in [6.45, 7) is 3.01. The van der Waals surface area contributed by atoms with Gasteiger partial charge in [0.05, 0.1) is 5.56 Å². The second-order valence-corrected chi connectivity index (χ2v) is 9.03. The number of hydrogen-bond acceptors (Lipinski definition) is 3. The van der Waals surface area contributed by atoms with Gasteiger partial charge in [0.2, 0.25) is 0 Å². The topological polar surface area (TPSA) is 61.4 Å². The maximum Gasteiger partial charge on any atom is 0.335 e. The lowest BCUT2D eigenvalue weighted by Crippen LogP contribution is -2.40. The van der Waals surface area contributed by atoms with Crippen molar-refractivity contribution in [3.05, 3.63) is 76.9 Å². The summed E-state index contributed by atoms with van der Waals surface area (Å²) >= 11 is 0. The zero-order valence-corrected chi connectivity index (χ0v) is 18.4. The first kappa shape index (κ1) is 21.8. The first-order chi connectivity index (χ1) is 15.1. The molecule has 0 aromatic heterocycles. The van der Waals surface area contributed by atoms with E-state index in [1.807, 2.05) is 12.1 Å². The third kappa shape index (κ3) is 6.05. The lowest BCUT2D eigenvalue weighted by atomic mass is 9.90. The maximum absolute atomic E-state index is 11.1. The fourth-order valence-electron chi connectivity index (χ4n) is 4.87. The van der Waals surface area contributed by atoms with Crippen LogP contribution >= 0.6 is 0 Å². The Morgan fingerprint density at radius 3 is 2.48 bits per heavy atom. The summed E-state index contributed by atoms with van der Waals surface area (Å²) in [6.07, 6.45) is 9.54. The molecule has 0 saturated heterocycles. The van der Waals surface area contributed by atoms with Crippen LogP contribution in [0.25, 0.3) is 6.08 Å². The lowest BCUT2D eigenvalue weighted by Gasteiger charge is -2.30. The molecular formula is C27H34N2O2. The molecule has 0 aliphatic heterocycles. The Balaban J connectivity index is 1.20. The Morgan fingerprint density at radius 2 is 1.77 bits per heavy atom. The van der Waals surface area contributed by atoms with Gasteiger partial charge in [-0.15, -0.1) is 0 Å². The minimum Gasteiger partial charge on any atom is -0.478 e. The predicted octanol–water partition coefficient (Wildman–Crippen LogP) is 5.26. The van der Waals surface area contributed by atoms with Crippen LogP contribution in [0.2, 0.25) is 0 Å². The van der Waals surface area contributed by atoms with Crippen molar-refractivity contribution in [1.29, 1.82) is 0 Å². The van der Waals surface area contributed by atoms with E-state index in [1.165, 1.54) is 37.7 Å². The van der Waals surface area contributed by atoms with E-state index in [9.17, 15) is 4.79 Å². The molecule has 0 spiro atoms. The molecule has 4 heteroatoms. The summed E-state index contributed by atoms with van der Waals surface area (Å²) in [7, 11) is 0. The van der Waals surface area contributed by atoms with Crippen molar-refractivity contribution in [3.63, 3.8) is 0 Å². The second-order valence-electron chi connectivity index (χ2n) is 9.03. The van der Waals surface area contributed by atoms with E-state index in [0.29, 0.717) is 29.6 Å². The van der Waals surface area contributed by atoms with Crippen LogP contribution in [0.5, 0.6) is 0 Å². The fraction of sp³-hybridized carbons (Fsp3) is 0.444. The highest BCUT2D eigenvalue weighted by Crippen LogP contribution is 2.40. The minimum absolute atomic E-state index is 0.360. The Hall–Kier alpha value is -2.43. The molecule has 2 saturated carbocycles. The van der Waals surface area contributed by atoms with Gasteiger partial charge in [0.1, 0.15) is 0 Å². The maximum atomic E-state index is 11.1. The van der Waals surface area contributed by atoms with Crippen molar-refractivity contribution < 1.29 is 9.90 Å². The monoisotopic (exact) mass is 418 g/mol. The summed E-state index contributed by atoms with van der Waals surface area (Å²) < 4.78 is 0. The summed E-state index contributed by atoms with van der Waals surface area (Å²) in [5, 5.41) is 16.7. The third-order valence-corrected chi connectivity index (χ3v) is 6.77.